The maximum atomic E-state index is 12.2. The molecule has 2 N–H and O–H groups in total. The number of aliphatic carboxylic acids is 1. The molecule has 1 aliphatic carbocycles. The smallest absolute Gasteiger partial charge is 0.310 e. The zero-order valence-corrected chi connectivity index (χ0v) is 14.3. The number of carboxylic acid groups (broad SMARTS) is 1. The second-order valence-corrected chi connectivity index (χ2v) is 6.89. The van der Waals surface area contributed by atoms with E-state index in [1.165, 1.54) is 0 Å². The number of rotatable bonds is 6. The van der Waals surface area contributed by atoms with E-state index in [1.54, 1.807) is 12.1 Å². The molecule has 1 saturated carbocycles. The molecule has 1 aliphatic rings. The molecule has 0 unspecified atom stereocenters. The van der Waals surface area contributed by atoms with Crippen molar-refractivity contribution in [3.8, 4) is 5.75 Å². The number of hydrogen-bond acceptors (Lipinski definition) is 3. The van der Waals surface area contributed by atoms with Crippen molar-refractivity contribution >= 4 is 33.5 Å². The highest BCUT2D eigenvalue weighted by molar-refractivity contribution is 9.10. The van der Waals surface area contributed by atoms with Gasteiger partial charge in [-0.2, -0.15) is 0 Å². The summed E-state index contributed by atoms with van der Waals surface area (Å²) in [5, 5.41) is 12.1. The number of carboxylic acids is 1. The molecular weight excluding hydrogens is 350 g/mol. The Morgan fingerprint density at radius 1 is 1.41 bits per heavy atom. The fraction of sp³-hybridized carbons (Fsp3) is 0.500. The lowest BCUT2D eigenvalue weighted by Gasteiger charge is -2.36. The van der Waals surface area contributed by atoms with E-state index in [-0.39, 0.29) is 18.4 Å². The normalized spacial score (nSPS) is 16.0. The SMILES string of the molecule is CC(C)Oc1ccc(Br)cc1NC(=O)CC1(C(=O)O)CCC1. The number of halogens is 1. The zero-order valence-electron chi connectivity index (χ0n) is 12.7. The molecule has 0 spiro atoms. The van der Waals surface area contributed by atoms with Gasteiger partial charge in [-0.05, 0) is 44.9 Å². The van der Waals surface area contributed by atoms with Crippen LogP contribution in [0, 0.1) is 5.41 Å². The fourth-order valence-electron chi connectivity index (χ4n) is 2.53. The van der Waals surface area contributed by atoms with E-state index in [0.717, 1.165) is 10.9 Å². The zero-order chi connectivity index (χ0) is 16.3. The third kappa shape index (κ3) is 3.80. The van der Waals surface area contributed by atoms with Crippen LogP contribution >= 0.6 is 15.9 Å². The molecule has 1 aromatic carbocycles. The quantitative estimate of drug-likeness (QED) is 0.798. The Hall–Kier alpha value is -1.56. The number of ether oxygens (including phenoxy) is 1. The summed E-state index contributed by atoms with van der Waals surface area (Å²) < 4.78 is 6.48. The van der Waals surface area contributed by atoms with Crippen LogP contribution in [0.15, 0.2) is 22.7 Å². The largest absolute Gasteiger partial charge is 0.489 e. The minimum Gasteiger partial charge on any atom is -0.489 e. The van der Waals surface area contributed by atoms with Gasteiger partial charge in [-0.1, -0.05) is 22.4 Å². The highest BCUT2D eigenvalue weighted by atomic mass is 79.9. The minimum atomic E-state index is -0.894. The summed E-state index contributed by atoms with van der Waals surface area (Å²) >= 11 is 3.36. The van der Waals surface area contributed by atoms with Gasteiger partial charge in [0.2, 0.25) is 5.91 Å². The average Bonchev–Trinajstić information content (AvgIpc) is 2.36. The molecule has 0 radical (unpaired) electrons. The first-order valence-electron chi connectivity index (χ1n) is 7.32. The van der Waals surface area contributed by atoms with Gasteiger partial charge in [0.15, 0.2) is 0 Å². The summed E-state index contributed by atoms with van der Waals surface area (Å²) in [4.78, 5) is 23.6. The van der Waals surface area contributed by atoms with Crippen LogP contribution in [0.2, 0.25) is 0 Å². The first kappa shape index (κ1) is 16.8. The van der Waals surface area contributed by atoms with Crippen molar-refractivity contribution in [1.82, 2.24) is 0 Å². The second kappa shape index (κ2) is 6.69. The standard InChI is InChI=1S/C16H20BrNO4/c1-10(2)22-13-5-4-11(17)8-12(13)18-14(19)9-16(15(20)21)6-3-7-16/h4-5,8,10H,3,6-7,9H2,1-2H3,(H,18,19)(H,20,21). The molecule has 6 heteroatoms. The van der Waals surface area contributed by atoms with Crippen LogP contribution in [0.25, 0.3) is 0 Å². The van der Waals surface area contributed by atoms with Crippen LogP contribution in [0.4, 0.5) is 5.69 Å². The Kier molecular flexibility index (Phi) is 5.11. The lowest BCUT2D eigenvalue weighted by atomic mass is 9.66. The first-order valence-corrected chi connectivity index (χ1v) is 8.11. The maximum Gasteiger partial charge on any atom is 0.310 e. The van der Waals surface area contributed by atoms with Crippen molar-refractivity contribution in [2.24, 2.45) is 5.41 Å². The maximum absolute atomic E-state index is 12.2. The first-order chi connectivity index (χ1) is 10.3. The van der Waals surface area contributed by atoms with Gasteiger partial charge in [-0.3, -0.25) is 9.59 Å². The van der Waals surface area contributed by atoms with Crippen molar-refractivity contribution in [2.75, 3.05) is 5.32 Å². The van der Waals surface area contributed by atoms with E-state index >= 15 is 0 Å². The van der Waals surface area contributed by atoms with Crippen LogP contribution in [0.1, 0.15) is 39.5 Å². The Morgan fingerprint density at radius 3 is 2.59 bits per heavy atom. The molecule has 0 bridgehead atoms. The number of nitrogens with one attached hydrogen (secondary N) is 1. The van der Waals surface area contributed by atoms with Crippen molar-refractivity contribution < 1.29 is 19.4 Å². The molecule has 1 aromatic rings. The summed E-state index contributed by atoms with van der Waals surface area (Å²) in [5.74, 6) is -0.611. The predicted molar refractivity (Wildman–Crippen MR) is 87.1 cm³/mol. The van der Waals surface area contributed by atoms with E-state index in [1.807, 2.05) is 19.9 Å². The third-order valence-corrected chi connectivity index (χ3v) is 4.33. The van der Waals surface area contributed by atoms with Gasteiger partial charge >= 0.3 is 5.97 Å². The Balaban J connectivity index is 2.11. The van der Waals surface area contributed by atoms with Crippen molar-refractivity contribution in [3.05, 3.63) is 22.7 Å². The molecule has 5 nitrogen and oxygen atoms in total. The second-order valence-electron chi connectivity index (χ2n) is 5.97. The molecule has 22 heavy (non-hydrogen) atoms. The van der Waals surface area contributed by atoms with Crippen LogP contribution in [0.3, 0.4) is 0 Å². The highest BCUT2D eigenvalue weighted by Crippen LogP contribution is 2.44. The van der Waals surface area contributed by atoms with Gasteiger partial charge in [0.25, 0.3) is 0 Å². The third-order valence-electron chi connectivity index (χ3n) is 3.84. The monoisotopic (exact) mass is 369 g/mol. The van der Waals surface area contributed by atoms with Gasteiger partial charge < -0.3 is 15.2 Å². The molecule has 2 rings (SSSR count). The lowest BCUT2D eigenvalue weighted by Crippen LogP contribution is -2.41. The van der Waals surface area contributed by atoms with Gasteiger partial charge in [-0.25, -0.2) is 0 Å². The summed E-state index contributed by atoms with van der Waals surface area (Å²) in [6.07, 6.45) is 1.95. The molecule has 0 heterocycles. The van der Waals surface area contributed by atoms with E-state index in [2.05, 4.69) is 21.2 Å². The fourth-order valence-corrected chi connectivity index (χ4v) is 2.89. The minimum absolute atomic E-state index is 0.00400. The van der Waals surface area contributed by atoms with Crippen LogP contribution in [-0.4, -0.2) is 23.1 Å². The predicted octanol–water partition coefficient (Wildman–Crippen LogP) is 3.82. The van der Waals surface area contributed by atoms with E-state index in [4.69, 9.17) is 4.74 Å². The number of carbonyl (C=O) groups is 2. The highest BCUT2D eigenvalue weighted by Gasteiger charge is 2.45. The molecule has 1 fully saturated rings. The summed E-state index contributed by atoms with van der Waals surface area (Å²) in [6.45, 7) is 3.81. The number of amides is 1. The number of carbonyl (C=O) groups excluding carboxylic acids is 1. The number of benzene rings is 1. The van der Waals surface area contributed by atoms with E-state index in [9.17, 15) is 14.7 Å². The van der Waals surface area contributed by atoms with Gasteiger partial charge in [0.1, 0.15) is 5.75 Å². The van der Waals surface area contributed by atoms with E-state index in [0.29, 0.717) is 24.3 Å². The Labute approximate surface area is 138 Å². The molecule has 120 valence electrons. The summed E-state index contributed by atoms with van der Waals surface area (Å²) in [5.41, 5.74) is -0.345. The Morgan fingerprint density at radius 2 is 2.09 bits per heavy atom. The van der Waals surface area contributed by atoms with Gasteiger partial charge in [0, 0.05) is 10.9 Å². The van der Waals surface area contributed by atoms with Crippen molar-refractivity contribution in [2.45, 2.75) is 45.6 Å². The Bertz CT molecular complexity index is 582. The van der Waals surface area contributed by atoms with Crippen LogP contribution in [-0.2, 0) is 9.59 Å². The van der Waals surface area contributed by atoms with Crippen molar-refractivity contribution in [3.63, 3.8) is 0 Å². The van der Waals surface area contributed by atoms with Crippen LogP contribution < -0.4 is 10.1 Å². The molecule has 1 amide bonds. The van der Waals surface area contributed by atoms with Gasteiger partial charge in [0.05, 0.1) is 17.2 Å². The van der Waals surface area contributed by atoms with Crippen molar-refractivity contribution in [1.29, 1.82) is 0 Å². The topological polar surface area (TPSA) is 75.6 Å². The molecule has 0 saturated heterocycles. The number of hydrogen-bond donors (Lipinski definition) is 2. The van der Waals surface area contributed by atoms with E-state index < -0.39 is 11.4 Å². The van der Waals surface area contributed by atoms with Gasteiger partial charge in [-0.15, -0.1) is 0 Å². The number of anilines is 1. The molecular formula is C16H20BrNO4. The average molecular weight is 370 g/mol. The molecule has 0 aromatic heterocycles. The molecule has 0 atom stereocenters. The van der Waals surface area contributed by atoms with Crippen LogP contribution in [0.5, 0.6) is 5.75 Å². The summed E-state index contributed by atoms with van der Waals surface area (Å²) in [6, 6.07) is 5.36. The summed E-state index contributed by atoms with van der Waals surface area (Å²) in [7, 11) is 0. The molecule has 0 aliphatic heterocycles. The lowest BCUT2D eigenvalue weighted by molar-refractivity contribution is -0.157.